The molecule has 0 bridgehead atoms. The van der Waals surface area contributed by atoms with Gasteiger partial charge in [-0.2, -0.15) is 0 Å². The van der Waals surface area contributed by atoms with Crippen molar-refractivity contribution in [3.05, 3.63) is 59.9 Å². The van der Waals surface area contributed by atoms with E-state index in [1.54, 1.807) is 23.2 Å². The van der Waals surface area contributed by atoms with E-state index in [2.05, 4.69) is 4.98 Å². The number of aliphatic hydroxyl groups is 1. The third-order valence-corrected chi connectivity index (χ3v) is 5.79. The molecular weight excluding hydrogens is 352 g/mol. The van der Waals surface area contributed by atoms with Gasteiger partial charge in [0.1, 0.15) is 0 Å². The average molecular weight is 374 g/mol. The largest absolute Gasteiger partial charge is 0.391 e. The predicted molar refractivity (Wildman–Crippen MR) is 97.3 cm³/mol. The Morgan fingerprint density at radius 2 is 1.92 bits per heavy atom. The third kappa shape index (κ3) is 4.47. The number of benzene rings is 1. The zero-order valence-electron chi connectivity index (χ0n) is 14.6. The van der Waals surface area contributed by atoms with E-state index in [9.17, 15) is 18.3 Å². The van der Waals surface area contributed by atoms with Crippen molar-refractivity contribution in [2.24, 2.45) is 5.92 Å². The van der Waals surface area contributed by atoms with Crippen molar-refractivity contribution in [1.29, 1.82) is 0 Å². The summed E-state index contributed by atoms with van der Waals surface area (Å²) in [5.41, 5.74) is 1.66. The highest BCUT2D eigenvalue weighted by atomic mass is 32.2. The van der Waals surface area contributed by atoms with Crippen molar-refractivity contribution in [3.63, 3.8) is 0 Å². The molecule has 1 N–H and O–H groups in total. The highest BCUT2D eigenvalue weighted by molar-refractivity contribution is 7.90. The van der Waals surface area contributed by atoms with E-state index < -0.39 is 15.9 Å². The molecule has 6 nitrogen and oxygen atoms in total. The Balaban J connectivity index is 1.60. The lowest BCUT2D eigenvalue weighted by Gasteiger charge is -2.16. The van der Waals surface area contributed by atoms with Gasteiger partial charge in [-0.3, -0.25) is 9.78 Å². The molecule has 2 aromatic rings. The zero-order chi connectivity index (χ0) is 18.7. The third-order valence-electron chi connectivity index (χ3n) is 4.66. The number of pyridine rings is 1. The highest BCUT2D eigenvalue weighted by Crippen LogP contribution is 2.22. The monoisotopic (exact) mass is 374 g/mol. The van der Waals surface area contributed by atoms with Gasteiger partial charge in [-0.15, -0.1) is 0 Å². The van der Waals surface area contributed by atoms with Gasteiger partial charge in [-0.25, -0.2) is 8.42 Å². The number of rotatable bonds is 5. The lowest BCUT2D eigenvalue weighted by molar-refractivity contribution is -0.129. The fraction of sp³-hybridized carbons (Fsp3) is 0.368. The topological polar surface area (TPSA) is 87.6 Å². The number of hydrogen-bond acceptors (Lipinski definition) is 5. The van der Waals surface area contributed by atoms with Crippen LogP contribution < -0.4 is 0 Å². The second-order valence-corrected chi connectivity index (χ2v) is 8.76. The van der Waals surface area contributed by atoms with E-state index in [4.69, 9.17) is 0 Å². The number of aromatic nitrogens is 1. The van der Waals surface area contributed by atoms with Crippen LogP contribution in [0.5, 0.6) is 0 Å². The van der Waals surface area contributed by atoms with Gasteiger partial charge in [0.15, 0.2) is 9.84 Å². The number of nitrogens with zero attached hydrogens (tertiary/aromatic N) is 2. The number of aliphatic hydroxyl groups excluding tert-OH is 1. The minimum atomic E-state index is -3.24. The summed E-state index contributed by atoms with van der Waals surface area (Å²) in [6, 6.07) is 12.0. The Morgan fingerprint density at radius 3 is 2.54 bits per heavy atom. The summed E-state index contributed by atoms with van der Waals surface area (Å²) >= 11 is 0. The Morgan fingerprint density at radius 1 is 1.19 bits per heavy atom. The van der Waals surface area contributed by atoms with Crippen molar-refractivity contribution < 1.29 is 18.3 Å². The standard InChI is InChI=1S/C19H22N2O4S/c1-26(24,25)17-7-5-14(6-8-17)10-19(23)21-12-15(18(22)13-21)11-16-4-2-3-9-20-16/h2-9,15,18,22H,10-13H2,1H3/t15-,18-/m1/s1. The maximum atomic E-state index is 12.5. The molecule has 26 heavy (non-hydrogen) atoms. The summed E-state index contributed by atoms with van der Waals surface area (Å²) in [5.74, 6) is -0.0962. The maximum absolute atomic E-state index is 12.5. The molecule has 3 rings (SSSR count). The van der Waals surface area contributed by atoms with Crippen LogP contribution in [0.2, 0.25) is 0 Å². The van der Waals surface area contributed by atoms with Gasteiger partial charge in [0.2, 0.25) is 5.91 Å². The Kier molecular flexibility index (Phi) is 5.38. The minimum Gasteiger partial charge on any atom is -0.391 e. The fourth-order valence-corrected chi connectivity index (χ4v) is 3.82. The average Bonchev–Trinajstić information content (AvgIpc) is 2.96. The molecule has 2 atom stereocenters. The molecule has 1 aromatic carbocycles. The van der Waals surface area contributed by atoms with Crippen LogP contribution in [0.1, 0.15) is 11.3 Å². The summed E-state index contributed by atoms with van der Waals surface area (Å²) in [7, 11) is -3.24. The Hall–Kier alpha value is -2.25. The van der Waals surface area contributed by atoms with E-state index in [1.165, 1.54) is 12.1 Å². The number of β-amino-alcohol motifs (C(OH)–C–C–N with tert-alkyl or cyclic N) is 1. The van der Waals surface area contributed by atoms with Gasteiger partial charge >= 0.3 is 0 Å². The first kappa shape index (κ1) is 18.5. The van der Waals surface area contributed by atoms with E-state index in [-0.39, 0.29) is 23.1 Å². The van der Waals surface area contributed by atoms with Gasteiger partial charge in [-0.1, -0.05) is 18.2 Å². The van der Waals surface area contributed by atoms with Crippen LogP contribution in [0, 0.1) is 5.92 Å². The Bertz CT molecular complexity index is 866. The molecule has 1 aromatic heterocycles. The summed E-state index contributed by atoms with van der Waals surface area (Å²) in [6.45, 7) is 0.815. The van der Waals surface area contributed by atoms with Gasteiger partial charge < -0.3 is 10.0 Å². The van der Waals surface area contributed by atoms with Crippen LogP contribution >= 0.6 is 0 Å². The predicted octanol–water partition coefficient (Wildman–Crippen LogP) is 1.09. The summed E-state index contributed by atoms with van der Waals surface area (Å²) in [4.78, 5) is 18.7. The first-order valence-electron chi connectivity index (χ1n) is 8.47. The Labute approximate surface area is 153 Å². The molecule has 0 saturated carbocycles. The molecule has 1 aliphatic rings. The molecule has 7 heteroatoms. The van der Waals surface area contributed by atoms with Crippen LogP contribution in [0.15, 0.2) is 53.6 Å². The molecule has 1 aliphatic heterocycles. The summed E-state index contributed by atoms with van der Waals surface area (Å²) < 4.78 is 23.0. The fourth-order valence-electron chi connectivity index (χ4n) is 3.19. The normalized spacial score (nSPS) is 20.3. The van der Waals surface area contributed by atoms with Crippen LogP contribution in [-0.2, 0) is 27.5 Å². The van der Waals surface area contributed by atoms with Crippen LogP contribution in [0.25, 0.3) is 0 Å². The van der Waals surface area contributed by atoms with Gasteiger partial charge in [-0.05, 0) is 36.2 Å². The quantitative estimate of drug-likeness (QED) is 0.846. The molecule has 1 amide bonds. The molecule has 2 heterocycles. The molecule has 0 aliphatic carbocycles. The van der Waals surface area contributed by atoms with E-state index in [1.807, 2.05) is 18.2 Å². The van der Waals surface area contributed by atoms with Crippen LogP contribution in [0.3, 0.4) is 0 Å². The number of likely N-dealkylation sites (tertiary alicyclic amines) is 1. The number of carbonyl (C=O) groups excluding carboxylic acids is 1. The number of carbonyl (C=O) groups is 1. The first-order chi connectivity index (χ1) is 12.3. The molecule has 0 spiro atoms. The lowest BCUT2D eigenvalue weighted by Crippen LogP contribution is -2.31. The van der Waals surface area contributed by atoms with Crippen LogP contribution in [-0.4, -0.2) is 54.8 Å². The second-order valence-electron chi connectivity index (χ2n) is 6.74. The van der Waals surface area contributed by atoms with Gasteiger partial charge in [0.25, 0.3) is 0 Å². The van der Waals surface area contributed by atoms with Gasteiger partial charge in [0, 0.05) is 37.2 Å². The van der Waals surface area contributed by atoms with Crippen molar-refractivity contribution >= 4 is 15.7 Å². The summed E-state index contributed by atoms with van der Waals surface area (Å²) in [6.07, 6.45) is 3.14. The highest BCUT2D eigenvalue weighted by Gasteiger charge is 2.34. The van der Waals surface area contributed by atoms with Crippen LogP contribution in [0.4, 0.5) is 0 Å². The van der Waals surface area contributed by atoms with E-state index >= 15 is 0 Å². The first-order valence-corrected chi connectivity index (χ1v) is 10.4. The van der Waals surface area contributed by atoms with Crippen molar-refractivity contribution in [2.75, 3.05) is 19.3 Å². The van der Waals surface area contributed by atoms with Crippen molar-refractivity contribution in [3.8, 4) is 0 Å². The molecule has 0 unspecified atom stereocenters. The molecule has 0 radical (unpaired) electrons. The zero-order valence-corrected chi connectivity index (χ0v) is 15.4. The smallest absolute Gasteiger partial charge is 0.227 e. The second kappa shape index (κ2) is 7.55. The van der Waals surface area contributed by atoms with Crippen molar-refractivity contribution in [1.82, 2.24) is 9.88 Å². The minimum absolute atomic E-state index is 0.0264. The number of hydrogen-bond donors (Lipinski definition) is 1. The number of sulfone groups is 1. The molecule has 1 fully saturated rings. The van der Waals surface area contributed by atoms with E-state index in [0.29, 0.717) is 19.5 Å². The van der Waals surface area contributed by atoms with Crippen molar-refractivity contribution in [2.45, 2.75) is 23.8 Å². The number of amides is 1. The SMILES string of the molecule is CS(=O)(=O)c1ccc(CC(=O)N2C[C@@H](Cc3ccccn3)[C@H](O)C2)cc1. The van der Waals surface area contributed by atoms with E-state index in [0.717, 1.165) is 17.5 Å². The van der Waals surface area contributed by atoms with Gasteiger partial charge in [0.05, 0.1) is 17.4 Å². The maximum Gasteiger partial charge on any atom is 0.227 e. The molecular formula is C19H22N2O4S. The molecule has 1 saturated heterocycles. The molecule has 138 valence electrons. The summed E-state index contributed by atoms with van der Waals surface area (Å²) in [5, 5.41) is 10.3. The lowest BCUT2D eigenvalue weighted by atomic mass is 10.00.